The van der Waals surface area contributed by atoms with E-state index in [2.05, 4.69) is 32.0 Å². The van der Waals surface area contributed by atoms with Gasteiger partial charge in [-0.25, -0.2) is 9.97 Å². The first-order chi connectivity index (χ1) is 12.3. The lowest BCUT2D eigenvalue weighted by Crippen LogP contribution is -2.19. The van der Waals surface area contributed by atoms with Crippen LogP contribution in [0.5, 0.6) is 0 Å². The smallest absolute Gasteiger partial charge is 0.267 e. The van der Waals surface area contributed by atoms with Crippen LogP contribution in [0.3, 0.4) is 0 Å². The topological polar surface area (TPSA) is 128 Å². The van der Waals surface area contributed by atoms with E-state index in [4.69, 9.17) is 10.2 Å². The lowest BCUT2D eigenvalue weighted by atomic mass is 10.1. The van der Waals surface area contributed by atoms with Gasteiger partial charge in [0.1, 0.15) is 5.69 Å². The average molecular weight is 349 g/mol. The predicted octanol–water partition coefficient (Wildman–Crippen LogP) is 1.19. The van der Waals surface area contributed by atoms with Crippen molar-refractivity contribution in [3.8, 4) is 23.2 Å². The number of primary amides is 1. The second kappa shape index (κ2) is 6.74. The lowest BCUT2D eigenvalue weighted by Gasteiger charge is -2.09. The van der Waals surface area contributed by atoms with E-state index in [-0.39, 0.29) is 11.6 Å². The molecule has 3 rings (SSSR count). The van der Waals surface area contributed by atoms with Crippen LogP contribution in [0.4, 0.5) is 0 Å². The van der Waals surface area contributed by atoms with Crippen molar-refractivity contribution >= 4 is 5.91 Å². The first kappa shape index (κ1) is 17.3. The molecule has 2 aromatic heterocycles. The van der Waals surface area contributed by atoms with Crippen LogP contribution in [0, 0.1) is 18.8 Å². The summed E-state index contributed by atoms with van der Waals surface area (Å²) in [6, 6.07) is 8.50. The van der Waals surface area contributed by atoms with Gasteiger partial charge in [-0.3, -0.25) is 4.79 Å². The molecule has 0 spiro atoms. The number of benzene rings is 1. The van der Waals surface area contributed by atoms with Gasteiger partial charge in [0.25, 0.3) is 11.8 Å². The number of aliphatic hydroxyl groups is 1. The SMILES string of the molecule is Cc1nnc([C@](C)(O)C#Cc2cccc(-c3nccc(C(N)=O)n3)c2)o1. The summed E-state index contributed by atoms with van der Waals surface area (Å²) in [5.74, 6) is 5.66. The molecule has 130 valence electrons. The van der Waals surface area contributed by atoms with Crippen LogP contribution < -0.4 is 5.73 Å². The summed E-state index contributed by atoms with van der Waals surface area (Å²) in [6.45, 7) is 3.10. The highest BCUT2D eigenvalue weighted by Crippen LogP contribution is 2.19. The normalized spacial score (nSPS) is 12.7. The van der Waals surface area contributed by atoms with E-state index in [0.717, 1.165) is 0 Å². The summed E-state index contributed by atoms with van der Waals surface area (Å²) < 4.78 is 5.23. The molecule has 0 bridgehead atoms. The Morgan fingerprint density at radius 2 is 2.12 bits per heavy atom. The zero-order valence-corrected chi connectivity index (χ0v) is 14.1. The monoisotopic (exact) mass is 349 g/mol. The molecular formula is C18H15N5O3. The molecule has 0 radical (unpaired) electrons. The molecule has 8 heteroatoms. The molecule has 3 aromatic rings. The van der Waals surface area contributed by atoms with Gasteiger partial charge < -0.3 is 15.3 Å². The van der Waals surface area contributed by atoms with Gasteiger partial charge in [0.2, 0.25) is 11.5 Å². The summed E-state index contributed by atoms with van der Waals surface area (Å²) >= 11 is 0. The molecule has 1 amide bonds. The standard InChI is InChI=1S/C18H15N5O3/c1-11-22-23-17(26-11)18(2,25)8-6-12-4-3-5-13(10-12)16-20-9-7-14(21-16)15(19)24/h3-5,7,9-10,25H,1-2H3,(H2,19,24)/t18-/m1/s1. The van der Waals surface area contributed by atoms with Gasteiger partial charge in [-0.2, -0.15) is 0 Å². The Kier molecular flexibility index (Phi) is 4.47. The Hall–Kier alpha value is -3.57. The molecule has 0 fully saturated rings. The van der Waals surface area contributed by atoms with Gasteiger partial charge in [0.15, 0.2) is 5.82 Å². The van der Waals surface area contributed by atoms with E-state index in [0.29, 0.717) is 22.8 Å². The van der Waals surface area contributed by atoms with Crippen molar-refractivity contribution in [1.29, 1.82) is 0 Å². The molecule has 1 aromatic carbocycles. The Morgan fingerprint density at radius 3 is 2.81 bits per heavy atom. The summed E-state index contributed by atoms with van der Waals surface area (Å²) in [4.78, 5) is 19.5. The number of aryl methyl sites for hydroxylation is 1. The van der Waals surface area contributed by atoms with E-state index in [1.807, 2.05) is 0 Å². The third-order valence-corrected chi connectivity index (χ3v) is 3.42. The molecule has 8 nitrogen and oxygen atoms in total. The average Bonchev–Trinajstić information content (AvgIpc) is 3.08. The number of hydrogen-bond donors (Lipinski definition) is 2. The summed E-state index contributed by atoms with van der Waals surface area (Å²) in [6.07, 6.45) is 1.46. The number of amides is 1. The molecule has 3 N–H and O–H groups in total. The number of nitrogens with zero attached hydrogens (tertiary/aromatic N) is 4. The fourth-order valence-electron chi connectivity index (χ4n) is 2.11. The molecule has 0 unspecified atom stereocenters. The Morgan fingerprint density at radius 1 is 1.31 bits per heavy atom. The number of aromatic nitrogens is 4. The van der Waals surface area contributed by atoms with Crippen LogP contribution in [0.15, 0.2) is 40.9 Å². The van der Waals surface area contributed by atoms with Crippen molar-refractivity contribution in [2.45, 2.75) is 19.4 Å². The van der Waals surface area contributed by atoms with E-state index in [9.17, 15) is 9.90 Å². The van der Waals surface area contributed by atoms with Gasteiger partial charge in [0, 0.05) is 24.2 Å². The first-order valence-electron chi connectivity index (χ1n) is 7.64. The third kappa shape index (κ3) is 3.74. The van der Waals surface area contributed by atoms with Crippen molar-refractivity contribution in [1.82, 2.24) is 20.2 Å². The number of nitrogens with two attached hydrogens (primary N) is 1. The molecule has 2 heterocycles. The molecule has 26 heavy (non-hydrogen) atoms. The van der Waals surface area contributed by atoms with Crippen molar-refractivity contribution in [3.63, 3.8) is 0 Å². The second-order valence-corrected chi connectivity index (χ2v) is 5.66. The number of carbonyl (C=O) groups excluding carboxylic acids is 1. The maximum absolute atomic E-state index is 11.3. The number of rotatable bonds is 3. The largest absolute Gasteiger partial charge is 0.421 e. The summed E-state index contributed by atoms with van der Waals surface area (Å²) in [7, 11) is 0. The van der Waals surface area contributed by atoms with E-state index < -0.39 is 11.5 Å². The Bertz CT molecular complexity index is 1030. The maximum Gasteiger partial charge on any atom is 0.267 e. The zero-order valence-electron chi connectivity index (χ0n) is 14.1. The predicted molar refractivity (Wildman–Crippen MR) is 91.5 cm³/mol. The zero-order chi connectivity index (χ0) is 18.7. The maximum atomic E-state index is 11.3. The van der Waals surface area contributed by atoms with Gasteiger partial charge in [-0.05, 0) is 25.1 Å². The Labute approximate surface area is 149 Å². The van der Waals surface area contributed by atoms with Crippen molar-refractivity contribution in [2.24, 2.45) is 5.73 Å². The molecule has 0 saturated carbocycles. The molecule has 0 saturated heterocycles. The fraction of sp³-hybridized carbons (Fsp3) is 0.167. The summed E-state index contributed by atoms with van der Waals surface area (Å²) in [5, 5.41) is 17.9. The number of carbonyl (C=O) groups is 1. The highest BCUT2D eigenvalue weighted by Gasteiger charge is 2.27. The molecule has 0 aliphatic carbocycles. The molecule has 1 atom stereocenters. The van der Waals surface area contributed by atoms with E-state index in [1.54, 1.807) is 31.2 Å². The van der Waals surface area contributed by atoms with Gasteiger partial charge in [-0.1, -0.05) is 24.0 Å². The summed E-state index contributed by atoms with van der Waals surface area (Å²) in [5.41, 5.74) is 5.06. The van der Waals surface area contributed by atoms with Crippen molar-refractivity contribution < 1.29 is 14.3 Å². The van der Waals surface area contributed by atoms with Gasteiger partial charge >= 0.3 is 0 Å². The van der Waals surface area contributed by atoms with Crippen LogP contribution in [0.1, 0.15) is 34.8 Å². The fourth-order valence-corrected chi connectivity index (χ4v) is 2.11. The lowest BCUT2D eigenvalue weighted by molar-refractivity contribution is 0.0881. The van der Waals surface area contributed by atoms with Crippen LogP contribution in [0.2, 0.25) is 0 Å². The van der Waals surface area contributed by atoms with Crippen LogP contribution >= 0.6 is 0 Å². The molecule has 0 aliphatic rings. The van der Waals surface area contributed by atoms with Crippen molar-refractivity contribution in [2.75, 3.05) is 0 Å². The van der Waals surface area contributed by atoms with Crippen LogP contribution in [-0.4, -0.2) is 31.2 Å². The highest BCUT2D eigenvalue weighted by atomic mass is 16.4. The van der Waals surface area contributed by atoms with E-state index >= 15 is 0 Å². The third-order valence-electron chi connectivity index (χ3n) is 3.42. The van der Waals surface area contributed by atoms with E-state index in [1.165, 1.54) is 19.2 Å². The highest BCUT2D eigenvalue weighted by molar-refractivity contribution is 5.91. The van der Waals surface area contributed by atoms with Crippen LogP contribution in [-0.2, 0) is 5.60 Å². The minimum Gasteiger partial charge on any atom is -0.421 e. The minimum absolute atomic E-state index is 0.0242. The minimum atomic E-state index is -1.58. The molecule has 0 aliphatic heterocycles. The Balaban J connectivity index is 1.91. The quantitative estimate of drug-likeness (QED) is 0.680. The first-order valence-corrected chi connectivity index (χ1v) is 7.64. The van der Waals surface area contributed by atoms with Gasteiger partial charge in [0.05, 0.1) is 0 Å². The molecular weight excluding hydrogens is 334 g/mol. The van der Waals surface area contributed by atoms with Crippen molar-refractivity contribution in [3.05, 3.63) is 59.6 Å². The number of hydrogen-bond acceptors (Lipinski definition) is 7. The second-order valence-electron chi connectivity index (χ2n) is 5.66. The van der Waals surface area contributed by atoms with Crippen LogP contribution in [0.25, 0.3) is 11.4 Å². The van der Waals surface area contributed by atoms with Gasteiger partial charge in [-0.15, -0.1) is 10.2 Å².